The summed E-state index contributed by atoms with van der Waals surface area (Å²) in [5.41, 5.74) is 1.10. The molecule has 2 aromatic rings. The number of carbonyl (C=O) groups excluding carboxylic acids is 1. The molecule has 1 fully saturated rings. The third kappa shape index (κ3) is 4.27. The zero-order chi connectivity index (χ0) is 15.5. The lowest BCUT2D eigenvalue weighted by Gasteiger charge is -2.31. The highest BCUT2D eigenvalue weighted by Gasteiger charge is 2.23. The molecule has 1 amide bonds. The van der Waals surface area contributed by atoms with E-state index >= 15 is 0 Å². The van der Waals surface area contributed by atoms with Crippen LogP contribution < -0.4 is 5.32 Å². The number of hydrogen-bond acceptors (Lipinski definition) is 3. The largest absolute Gasteiger partial charge is 0.338 e. The van der Waals surface area contributed by atoms with E-state index in [0.29, 0.717) is 6.04 Å². The van der Waals surface area contributed by atoms with Crippen molar-refractivity contribution < 1.29 is 4.79 Å². The maximum absolute atomic E-state index is 12.6. The minimum atomic E-state index is 0. The molecule has 3 rings (SSSR count). The van der Waals surface area contributed by atoms with Crippen LogP contribution in [0.2, 0.25) is 5.02 Å². The maximum Gasteiger partial charge on any atom is 0.263 e. The predicted molar refractivity (Wildman–Crippen MR) is 100.0 cm³/mol. The van der Waals surface area contributed by atoms with Gasteiger partial charge in [0.25, 0.3) is 5.91 Å². The van der Waals surface area contributed by atoms with E-state index in [1.165, 1.54) is 0 Å². The molecule has 0 unspecified atom stereocenters. The fourth-order valence-corrected chi connectivity index (χ4v) is 3.85. The SMILES string of the molecule is CNC1CCN(C(=O)c2ccc(-c3ccc(Cl)cc3)s2)CC1.Cl. The predicted octanol–water partition coefficient (Wildman–Crippen LogP) is 4.31. The van der Waals surface area contributed by atoms with Gasteiger partial charge in [0.1, 0.15) is 0 Å². The van der Waals surface area contributed by atoms with Gasteiger partial charge < -0.3 is 10.2 Å². The summed E-state index contributed by atoms with van der Waals surface area (Å²) in [6.45, 7) is 1.66. The third-order valence-electron chi connectivity index (χ3n) is 4.14. The summed E-state index contributed by atoms with van der Waals surface area (Å²) >= 11 is 7.47. The lowest BCUT2D eigenvalue weighted by molar-refractivity contribution is 0.0712. The number of halogens is 2. The first-order chi connectivity index (χ1) is 10.7. The van der Waals surface area contributed by atoms with E-state index in [4.69, 9.17) is 11.6 Å². The Labute approximate surface area is 152 Å². The monoisotopic (exact) mass is 370 g/mol. The highest BCUT2D eigenvalue weighted by molar-refractivity contribution is 7.17. The molecular weight excluding hydrogens is 351 g/mol. The van der Waals surface area contributed by atoms with Crippen LogP contribution in [0.1, 0.15) is 22.5 Å². The van der Waals surface area contributed by atoms with Crippen LogP contribution >= 0.6 is 35.3 Å². The average molecular weight is 371 g/mol. The Bertz CT molecular complexity index is 649. The molecule has 1 aliphatic heterocycles. The molecule has 1 aromatic carbocycles. The molecule has 1 N–H and O–H groups in total. The number of rotatable bonds is 3. The van der Waals surface area contributed by atoms with Crippen molar-refractivity contribution in [3.8, 4) is 10.4 Å². The van der Waals surface area contributed by atoms with Crippen LogP contribution in [0.25, 0.3) is 10.4 Å². The van der Waals surface area contributed by atoms with E-state index in [1.807, 2.05) is 48.3 Å². The molecule has 6 heteroatoms. The summed E-state index contributed by atoms with van der Waals surface area (Å²) in [5.74, 6) is 0.153. The number of amides is 1. The summed E-state index contributed by atoms with van der Waals surface area (Å²) in [6, 6.07) is 12.2. The highest BCUT2D eigenvalue weighted by Crippen LogP contribution is 2.30. The smallest absolute Gasteiger partial charge is 0.263 e. The van der Waals surface area contributed by atoms with Crippen molar-refractivity contribution in [1.29, 1.82) is 0 Å². The Morgan fingerprint density at radius 2 is 1.83 bits per heavy atom. The zero-order valence-electron chi connectivity index (χ0n) is 12.9. The van der Waals surface area contributed by atoms with E-state index in [0.717, 1.165) is 46.3 Å². The molecule has 0 aliphatic carbocycles. The minimum absolute atomic E-state index is 0. The average Bonchev–Trinajstić information content (AvgIpc) is 3.05. The summed E-state index contributed by atoms with van der Waals surface area (Å²) in [5, 5.41) is 4.01. The van der Waals surface area contributed by atoms with Crippen molar-refractivity contribution in [1.82, 2.24) is 10.2 Å². The second-order valence-corrected chi connectivity index (χ2v) is 7.05. The molecule has 0 saturated carbocycles. The van der Waals surface area contributed by atoms with Gasteiger partial charge in [-0.05, 0) is 49.7 Å². The van der Waals surface area contributed by atoms with Gasteiger partial charge in [-0.2, -0.15) is 0 Å². The molecule has 3 nitrogen and oxygen atoms in total. The van der Waals surface area contributed by atoms with Crippen LogP contribution in [0.15, 0.2) is 36.4 Å². The Morgan fingerprint density at radius 1 is 1.17 bits per heavy atom. The van der Waals surface area contributed by atoms with Crippen LogP contribution in [-0.2, 0) is 0 Å². The van der Waals surface area contributed by atoms with Gasteiger partial charge >= 0.3 is 0 Å². The van der Waals surface area contributed by atoms with Crippen LogP contribution in [-0.4, -0.2) is 37.0 Å². The van der Waals surface area contributed by atoms with E-state index in [1.54, 1.807) is 11.3 Å². The number of thiophene rings is 1. The van der Waals surface area contributed by atoms with Gasteiger partial charge in [0, 0.05) is 29.0 Å². The van der Waals surface area contributed by atoms with Crippen molar-refractivity contribution in [2.75, 3.05) is 20.1 Å². The molecule has 1 aromatic heterocycles. The third-order valence-corrected chi connectivity index (χ3v) is 5.51. The van der Waals surface area contributed by atoms with Gasteiger partial charge in [-0.15, -0.1) is 23.7 Å². The first-order valence-corrected chi connectivity index (χ1v) is 8.69. The molecule has 0 atom stereocenters. The summed E-state index contributed by atoms with van der Waals surface area (Å²) in [7, 11) is 1.99. The Hall–Kier alpha value is -1.07. The van der Waals surface area contributed by atoms with Crippen molar-refractivity contribution >= 4 is 41.3 Å². The number of nitrogens with one attached hydrogen (secondary N) is 1. The molecule has 124 valence electrons. The highest BCUT2D eigenvalue weighted by atomic mass is 35.5. The molecule has 0 radical (unpaired) electrons. The summed E-state index contributed by atoms with van der Waals surface area (Å²) < 4.78 is 0. The number of benzene rings is 1. The van der Waals surface area contributed by atoms with Crippen molar-refractivity contribution in [2.24, 2.45) is 0 Å². The van der Waals surface area contributed by atoms with Gasteiger partial charge in [-0.25, -0.2) is 0 Å². The summed E-state index contributed by atoms with van der Waals surface area (Å²) in [4.78, 5) is 16.5. The fraction of sp³-hybridized carbons (Fsp3) is 0.353. The number of likely N-dealkylation sites (tertiary alicyclic amines) is 1. The van der Waals surface area contributed by atoms with Gasteiger partial charge in [0.05, 0.1) is 4.88 Å². The topological polar surface area (TPSA) is 32.3 Å². The number of carbonyl (C=O) groups is 1. The Balaban J connectivity index is 0.00000192. The minimum Gasteiger partial charge on any atom is -0.338 e. The molecular formula is C17H20Cl2N2OS. The lowest BCUT2D eigenvalue weighted by atomic mass is 10.1. The second kappa shape index (κ2) is 8.15. The standard InChI is InChI=1S/C17H19ClN2OS.ClH/c1-19-14-8-10-20(11-9-14)17(21)16-7-6-15(22-16)12-2-4-13(18)5-3-12;/h2-7,14,19H,8-11H2,1H3;1H. The van der Waals surface area contributed by atoms with Gasteiger partial charge in [0.15, 0.2) is 0 Å². The molecule has 2 heterocycles. The normalized spacial score (nSPS) is 15.3. The van der Waals surface area contributed by atoms with E-state index in [9.17, 15) is 4.79 Å². The number of piperidine rings is 1. The number of hydrogen-bond donors (Lipinski definition) is 1. The van der Waals surface area contributed by atoms with Gasteiger partial charge in [-0.3, -0.25) is 4.79 Å². The Morgan fingerprint density at radius 3 is 2.43 bits per heavy atom. The molecule has 1 aliphatic rings. The molecule has 0 bridgehead atoms. The van der Waals surface area contributed by atoms with Crippen LogP contribution in [0.3, 0.4) is 0 Å². The van der Waals surface area contributed by atoms with E-state index in [2.05, 4.69) is 5.32 Å². The van der Waals surface area contributed by atoms with Crippen LogP contribution in [0.4, 0.5) is 0 Å². The van der Waals surface area contributed by atoms with Crippen molar-refractivity contribution in [2.45, 2.75) is 18.9 Å². The van der Waals surface area contributed by atoms with Crippen molar-refractivity contribution in [3.63, 3.8) is 0 Å². The quantitative estimate of drug-likeness (QED) is 0.872. The molecule has 1 saturated heterocycles. The van der Waals surface area contributed by atoms with Gasteiger partial charge in [-0.1, -0.05) is 23.7 Å². The Kier molecular flexibility index (Phi) is 6.48. The second-order valence-electron chi connectivity index (χ2n) is 5.53. The summed E-state index contributed by atoms with van der Waals surface area (Å²) in [6.07, 6.45) is 2.05. The van der Waals surface area contributed by atoms with Crippen LogP contribution in [0.5, 0.6) is 0 Å². The molecule has 0 spiro atoms. The first-order valence-electron chi connectivity index (χ1n) is 7.49. The zero-order valence-corrected chi connectivity index (χ0v) is 15.3. The van der Waals surface area contributed by atoms with Crippen LogP contribution in [0, 0.1) is 0 Å². The number of nitrogens with zero attached hydrogens (tertiary/aromatic N) is 1. The van der Waals surface area contributed by atoms with Crippen molar-refractivity contribution in [3.05, 3.63) is 46.3 Å². The fourth-order valence-electron chi connectivity index (χ4n) is 2.75. The molecule has 23 heavy (non-hydrogen) atoms. The lowest BCUT2D eigenvalue weighted by Crippen LogP contribution is -2.43. The first kappa shape index (κ1) is 18.3. The maximum atomic E-state index is 12.6. The van der Waals surface area contributed by atoms with E-state index < -0.39 is 0 Å². The van der Waals surface area contributed by atoms with E-state index in [-0.39, 0.29) is 18.3 Å². The van der Waals surface area contributed by atoms with Gasteiger partial charge in [0.2, 0.25) is 0 Å².